The van der Waals surface area contributed by atoms with Gasteiger partial charge >= 0.3 is 0 Å². The molecule has 1 heterocycles. The Labute approximate surface area is 110 Å². The molecule has 1 N–H and O–H groups in total. The van der Waals surface area contributed by atoms with Gasteiger partial charge in [-0.15, -0.1) is 0 Å². The van der Waals surface area contributed by atoms with Gasteiger partial charge in [-0.1, -0.05) is 30.3 Å². The first kappa shape index (κ1) is 11.6. The van der Waals surface area contributed by atoms with Gasteiger partial charge in [0.15, 0.2) is 5.78 Å². The van der Waals surface area contributed by atoms with Crippen LogP contribution in [0, 0.1) is 0 Å². The van der Waals surface area contributed by atoms with Crippen LogP contribution in [0.15, 0.2) is 54.8 Å². The quantitative estimate of drug-likeness (QED) is 0.891. The average molecular weight is 255 g/mol. The molecule has 1 aliphatic rings. The van der Waals surface area contributed by atoms with Gasteiger partial charge in [0.2, 0.25) is 0 Å². The van der Waals surface area contributed by atoms with Crippen LogP contribution in [0.1, 0.15) is 23.9 Å². The second kappa shape index (κ2) is 4.68. The molecule has 2 unspecified atom stereocenters. The number of aliphatic hydroxyl groups is 1. The summed E-state index contributed by atoms with van der Waals surface area (Å²) in [4.78, 5) is 15.6. The Morgan fingerprint density at radius 3 is 2.74 bits per heavy atom. The molecule has 1 aliphatic carbocycles. The Morgan fingerprint density at radius 1 is 1.26 bits per heavy atom. The largest absolute Gasteiger partial charge is 0.510 e. The normalized spacial score (nSPS) is 23.2. The van der Waals surface area contributed by atoms with Crippen LogP contribution in [0.2, 0.25) is 0 Å². The Hall–Kier alpha value is -2.43. The maximum absolute atomic E-state index is 11.7. The molecule has 96 valence electrons. The lowest BCUT2D eigenvalue weighted by molar-refractivity contribution is -0.116. The van der Waals surface area contributed by atoms with Gasteiger partial charge in [0, 0.05) is 18.4 Å². The molecular weight excluding hydrogens is 242 g/mol. The number of hydrogen-bond acceptors (Lipinski definition) is 4. The van der Waals surface area contributed by atoms with E-state index in [1.165, 1.54) is 12.4 Å². The number of hydrogen-bond donors (Lipinski definition) is 1. The first-order chi connectivity index (χ1) is 9.25. The number of carbonyl (C=O) groups excluding carboxylic acids is 1. The molecule has 0 bridgehead atoms. The molecule has 1 aromatic heterocycles. The van der Waals surface area contributed by atoms with E-state index in [1.807, 2.05) is 30.3 Å². The van der Waals surface area contributed by atoms with Gasteiger partial charge in [0.05, 0.1) is 0 Å². The lowest BCUT2D eigenvalue weighted by Gasteiger charge is -2.29. The van der Waals surface area contributed by atoms with E-state index in [0.717, 1.165) is 5.56 Å². The topological polar surface area (TPSA) is 68.0 Å². The number of nitrogens with zero attached hydrogens (tertiary/aromatic N) is 3. The molecule has 0 fully saturated rings. The molecule has 5 nitrogen and oxygen atoms in total. The van der Waals surface area contributed by atoms with Gasteiger partial charge in [-0.3, -0.25) is 4.79 Å². The van der Waals surface area contributed by atoms with Gasteiger partial charge in [-0.25, -0.2) is 9.67 Å². The van der Waals surface area contributed by atoms with E-state index < -0.39 is 0 Å². The van der Waals surface area contributed by atoms with Crippen molar-refractivity contribution in [2.75, 3.05) is 0 Å². The summed E-state index contributed by atoms with van der Waals surface area (Å²) < 4.78 is 1.59. The zero-order chi connectivity index (χ0) is 13.2. The number of aliphatic hydroxyl groups excluding tert-OH is 1. The van der Waals surface area contributed by atoms with Crippen LogP contribution in [-0.4, -0.2) is 25.7 Å². The third-order valence-corrected chi connectivity index (χ3v) is 3.36. The third kappa shape index (κ3) is 2.14. The van der Waals surface area contributed by atoms with Crippen molar-refractivity contribution < 1.29 is 9.90 Å². The summed E-state index contributed by atoms with van der Waals surface area (Å²) in [6, 6.07) is 9.32. The molecule has 0 saturated heterocycles. The SMILES string of the molecule is O=C1C=C(O)C(n2cncn2)C(c2ccccc2)C1. The van der Waals surface area contributed by atoms with Crippen molar-refractivity contribution in [1.29, 1.82) is 0 Å². The highest BCUT2D eigenvalue weighted by Gasteiger charge is 2.34. The molecule has 2 aromatic rings. The number of benzene rings is 1. The highest BCUT2D eigenvalue weighted by atomic mass is 16.3. The smallest absolute Gasteiger partial charge is 0.159 e. The molecule has 0 spiro atoms. The Morgan fingerprint density at radius 2 is 2.05 bits per heavy atom. The summed E-state index contributed by atoms with van der Waals surface area (Å²) in [5.74, 6) is -0.154. The maximum atomic E-state index is 11.7. The van der Waals surface area contributed by atoms with Crippen molar-refractivity contribution in [3.05, 3.63) is 60.4 Å². The molecule has 5 heteroatoms. The van der Waals surface area contributed by atoms with Crippen molar-refractivity contribution in [3.8, 4) is 0 Å². The van der Waals surface area contributed by atoms with Gasteiger partial charge < -0.3 is 5.11 Å². The molecule has 0 saturated carbocycles. The minimum atomic E-state index is -0.373. The van der Waals surface area contributed by atoms with Crippen LogP contribution < -0.4 is 0 Å². The second-order valence-electron chi connectivity index (χ2n) is 4.58. The number of carbonyl (C=O) groups is 1. The fourth-order valence-corrected chi connectivity index (χ4v) is 2.53. The van der Waals surface area contributed by atoms with Crippen LogP contribution in [0.5, 0.6) is 0 Å². The first-order valence-corrected chi connectivity index (χ1v) is 6.08. The first-order valence-electron chi connectivity index (χ1n) is 6.08. The molecule has 0 radical (unpaired) electrons. The summed E-state index contributed by atoms with van der Waals surface area (Å²) in [5.41, 5.74) is 1.01. The highest BCUT2D eigenvalue weighted by molar-refractivity contribution is 5.92. The van der Waals surface area contributed by atoms with E-state index in [2.05, 4.69) is 10.1 Å². The zero-order valence-corrected chi connectivity index (χ0v) is 10.2. The molecule has 0 amide bonds. The van der Waals surface area contributed by atoms with Crippen LogP contribution in [0.25, 0.3) is 0 Å². The van der Waals surface area contributed by atoms with Crippen LogP contribution in [0.3, 0.4) is 0 Å². The molecule has 0 aliphatic heterocycles. The van der Waals surface area contributed by atoms with E-state index >= 15 is 0 Å². The van der Waals surface area contributed by atoms with Gasteiger partial charge in [0.1, 0.15) is 24.5 Å². The lowest BCUT2D eigenvalue weighted by Crippen LogP contribution is -2.27. The number of aromatic nitrogens is 3. The summed E-state index contributed by atoms with van der Waals surface area (Å²) in [6.45, 7) is 0. The molecule has 1 aromatic carbocycles. The second-order valence-corrected chi connectivity index (χ2v) is 4.58. The van der Waals surface area contributed by atoms with E-state index in [0.29, 0.717) is 6.42 Å². The van der Waals surface area contributed by atoms with E-state index in [4.69, 9.17) is 0 Å². The van der Waals surface area contributed by atoms with Gasteiger partial charge in [-0.2, -0.15) is 5.10 Å². The zero-order valence-electron chi connectivity index (χ0n) is 10.2. The van der Waals surface area contributed by atoms with E-state index in [-0.39, 0.29) is 23.5 Å². The van der Waals surface area contributed by atoms with Crippen molar-refractivity contribution in [2.45, 2.75) is 18.4 Å². The standard InChI is InChI=1S/C14H13N3O2/c18-11-6-12(10-4-2-1-3-5-10)14(13(19)7-11)17-9-15-8-16-17/h1-5,7-9,12,14,19H,6H2. The molecule has 19 heavy (non-hydrogen) atoms. The third-order valence-electron chi connectivity index (χ3n) is 3.36. The molecule has 3 rings (SSSR count). The van der Waals surface area contributed by atoms with Crippen LogP contribution in [0.4, 0.5) is 0 Å². The Bertz CT molecular complexity index is 605. The van der Waals surface area contributed by atoms with Crippen molar-refractivity contribution >= 4 is 5.78 Å². The highest BCUT2D eigenvalue weighted by Crippen LogP contribution is 2.38. The maximum Gasteiger partial charge on any atom is 0.159 e. The van der Waals surface area contributed by atoms with Crippen molar-refractivity contribution in [1.82, 2.24) is 14.8 Å². The van der Waals surface area contributed by atoms with Crippen LogP contribution in [-0.2, 0) is 4.79 Å². The summed E-state index contributed by atoms with van der Waals surface area (Å²) >= 11 is 0. The predicted octanol–water partition coefficient (Wildman–Crippen LogP) is 2.02. The summed E-state index contributed by atoms with van der Waals surface area (Å²) in [5, 5.41) is 14.2. The fourth-order valence-electron chi connectivity index (χ4n) is 2.53. The number of ketones is 1. The van der Waals surface area contributed by atoms with Crippen molar-refractivity contribution in [3.63, 3.8) is 0 Å². The monoisotopic (exact) mass is 255 g/mol. The number of allylic oxidation sites excluding steroid dienone is 2. The predicted molar refractivity (Wildman–Crippen MR) is 68.6 cm³/mol. The molecule has 2 atom stereocenters. The average Bonchev–Trinajstić information content (AvgIpc) is 2.92. The summed E-state index contributed by atoms with van der Waals surface area (Å²) in [6.07, 6.45) is 4.62. The van der Waals surface area contributed by atoms with E-state index in [1.54, 1.807) is 11.0 Å². The minimum Gasteiger partial charge on any atom is -0.510 e. The summed E-state index contributed by atoms with van der Waals surface area (Å²) in [7, 11) is 0. The molecular formula is C14H13N3O2. The van der Waals surface area contributed by atoms with E-state index in [9.17, 15) is 9.90 Å². The Balaban J connectivity index is 2.06. The Kier molecular flexibility index (Phi) is 2.87. The van der Waals surface area contributed by atoms with Crippen molar-refractivity contribution in [2.24, 2.45) is 0 Å². The fraction of sp³-hybridized carbons (Fsp3) is 0.214. The van der Waals surface area contributed by atoms with Gasteiger partial charge in [0.25, 0.3) is 0 Å². The minimum absolute atomic E-state index is 0.0376. The lowest BCUT2D eigenvalue weighted by atomic mass is 9.82. The number of rotatable bonds is 2. The van der Waals surface area contributed by atoms with Gasteiger partial charge in [-0.05, 0) is 5.56 Å². The van der Waals surface area contributed by atoms with Crippen LogP contribution >= 0.6 is 0 Å².